The average molecular weight is 312 g/mol. The van der Waals surface area contributed by atoms with Gasteiger partial charge in [-0.25, -0.2) is 4.98 Å². The van der Waals surface area contributed by atoms with Crippen LogP contribution in [0.1, 0.15) is 40.0 Å². The lowest BCUT2D eigenvalue weighted by Crippen LogP contribution is -2.39. The van der Waals surface area contributed by atoms with Gasteiger partial charge < -0.3 is 4.74 Å². The Morgan fingerprint density at radius 2 is 2.19 bits per heavy atom. The van der Waals surface area contributed by atoms with Crippen molar-refractivity contribution in [3.05, 3.63) is 21.6 Å². The molecule has 114 valence electrons. The molecule has 1 aromatic heterocycles. The van der Waals surface area contributed by atoms with Gasteiger partial charge in [0.2, 0.25) is 5.28 Å². The molecule has 2 bridgehead atoms. The molecule has 0 saturated heterocycles. The third kappa shape index (κ3) is 1.99. The minimum Gasteiger partial charge on any atom is -0.469 e. The zero-order valence-electron chi connectivity index (χ0n) is 12.3. The van der Waals surface area contributed by atoms with Gasteiger partial charge in [0.1, 0.15) is 12.3 Å². The Bertz CT molecular complexity index is 607. The Balaban J connectivity index is 1.92. The molecule has 1 heterocycles. The summed E-state index contributed by atoms with van der Waals surface area (Å²) in [5.74, 6) is 0.568. The molecule has 0 radical (unpaired) electrons. The van der Waals surface area contributed by atoms with E-state index in [2.05, 4.69) is 30.7 Å². The summed E-state index contributed by atoms with van der Waals surface area (Å²) in [5, 5.41) is 11.0. The highest BCUT2D eigenvalue weighted by molar-refractivity contribution is 6.28. The Kier molecular flexibility index (Phi) is 3.13. The van der Waals surface area contributed by atoms with Gasteiger partial charge in [0.05, 0.1) is 4.92 Å². The maximum Gasteiger partial charge on any atom is 0.349 e. The number of ether oxygens (including phenoxy) is 1. The predicted molar refractivity (Wildman–Crippen MR) is 77.3 cm³/mol. The second-order valence-electron chi connectivity index (χ2n) is 6.80. The number of aromatic nitrogens is 2. The van der Waals surface area contributed by atoms with Gasteiger partial charge in [-0.05, 0) is 42.2 Å². The summed E-state index contributed by atoms with van der Waals surface area (Å²) >= 11 is 5.75. The van der Waals surface area contributed by atoms with Crippen LogP contribution < -0.4 is 4.74 Å². The number of rotatable bonds is 3. The zero-order valence-corrected chi connectivity index (χ0v) is 13.1. The third-order valence-corrected chi connectivity index (χ3v) is 6.05. The second kappa shape index (κ2) is 4.53. The molecule has 0 N–H and O–H groups in total. The maximum atomic E-state index is 11.1. The fourth-order valence-corrected chi connectivity index (χ4v) is 4.12. The molecule has 2 saturated carbocycles. The van der Waals surface area contributed by atoms with Crippen LogP contribution in [0.3, 0.4) is 0 Å². The van der Waals surface area contributed by atoms with E-state index in [0.29, 0.717) is 5.92 Å². The number of hydrogen-bond acceptors (Lipinski definition) is 5. The molecule has 0 aromatic carbocycles. The molecule has 0 spiro atoms. The monoisotopic (exact) mass is 311 g/mol. The van der Waals surface area contributed by atoms with Crippen molar-refractivity contribution in [2.45, 2.75) is 46.1 Å². The van der Waals surface area contributed by atoms with Gasteiger partial charge in [0.15, 0.2) is 0 Å². The first-order valence-corrected chi connectivity index (χ1v) is 7.47. The maximum absolute atomic E-state index is 11.1. The first kappa shape index (κ1) is 14.5. The van der Waals surface area contributed by atoms with E-state index < -0.39 is 4.92 Å². The van der Waals surface area contributed by atoms with E-state index in [1.807, 2.05) is 0 Å². The van der Waals surface area contributed by atoms with E-state index in [-0.39, 0.29) is 33.8 Å². The van der Waals surface area contributed by atoms with Crippen LogP contribution in [-0.4, -0.2) is 21.0 Å². The van der Waals surface area contributed by atoms with Crippen LogP contribution in [0.15, 0.2) is 6.20 Å². The molecule has 0 aliphatic heterocycles. The Morgan fingerprint density at radius 1 is 1.48 bits per heavy atom. The van der Waals surface area contributed by atoms with Gasteiger partial charge in [0, 0.05) is 5.41 Å². The van der Waals surface area contributed by atoms with Crippen LogP contribution in [0.25, 0.3) is 0 Å². The van der Waals surface area contributed by atoms with Gasteiger partial charge in [-0.1, -0.05) is 20.8 Å². The standard InChI is InChI=1S/C14H18ClN3O3/c1-13(2)8-4-5-14(13,3)10(6-8)21-11-9(18(19)20)7-16-12(15)17-11/h7-8,10H,4-6H2,1-3H3. The van der Waals surface area contributed by atoms with E-state index >= 15 is 0 Å². The normalized spacial score (nSPS) is 33.1. The molecule has 0 amide bonds. The molecule has 3 rings (SSSR count). The smallest absolute Gasteiger partial charge is 0.349 e. The Hall–Kier alpha value is -1.43. The molecular formula is C14H18ClN3O3. The van der Waals surface area contributed by atoms with Crippen LogP contribution in [0.5, 0.6) is 5.88 Å². The second-order valence-corrected chi connectivity index (χ2v) is 7.14. The summed E-state index contributed by atoms with van der Waals surface area (Å²) in [7, 11) is 0. The summed E-state index contributed by atoms with van der Waals surface area (Å²) in [6.07, 6.45) is 4.20. The van der Waals surface area contributed by atoms with Crippen LogP contribution in [-0.2, 0) is 0 Å². The highest BCUT2D eigenvalue weighted by Gasteiger charge is 2.62. The fourth-order valence-electron chi connectivity index (χ4n) is 3.99. The Morgan fingerprint density at radius 3 is 2.71 bits per heavy atom. The lowest BCUT2D eigenvalue weighted by atomic mass is 9.70. The molecule has 2 aliphatic rings. The van der Waals surface area contributed by atoms with Crippen LogP contribution in [0.2, 0.25) is 5.28 Å². The molecule has 3 atom stereocenters. The highest BCUT2D eigenvalue weighted by atomic mass is 35.5. The summed E-state index contributed by atoms with van der Waals surface area (Å²) in [5.41, 5.74) is -0.0599. The minimum atomic E-state index is -0.535. The van der Waals surface area contributed by atoms with Crippen molar-refractivity contribution in [2.75, 3.05) is 0 Å². The van der Waals surface area contributed by atoms with Crippen molar-refractivity contribution in [3.63, 3.8) is 0 Å². The number of nitrogens with zero attached hydrogens (tertiary/aromatic N) is 3. The van der Waals surface area contributed by atoms with Gasteiger partial charge in [-0.3, -0.25) is 10.1 Å². The topological polar surface area (TPSA) is 78.2 Å². The summed E-state index contributed by atoms with van der Waals surface area (Å²) < 4.78 is 5.94. The van der Waals surface area contributed by atoms with Gasteiger partial charge in [-0.15, -0.1) is 0 Å². The molecule has 3 unspecified atom stereocenters. The number of halogens is 1. The summed E-state index contributed by atoms with van der Waals surface area (Å²) in [6, 6.07) is 0. The lowest BCUT2D eigenvalue weighted by Gasteiger charge is -2.38. The van der Waals surface area contributed by atoms with Gasteiger partial charge >= 0.3 is 5.69 Å². The van der Waals surface area contributed by atoms with E-state index in [4.69, 9.17) is 16.3 Å². The van der Waals surface area contributed by atoms with E-state index in [9.17, 15) is 10.1 Å². The quantitative estimate of drug-likeness (QED) is 0.484. The van der Waals surface area contributed by atoms with Crippen molar-refractivity contribution in [1.29, 1.82) is 0 Å². The molecule has 6 nitrogen and oxygen atoms in total. The predicted octanol–water partition coefficient (Wildman–Crippen LogP) is 3.63. The molecular weight excluding hydrogens is 294 g/mol. The minimum absolute atomic E-state index is 0.00294. The lowest BCUT2D eigenvalue weighted by molar-refractivity contribution is -0.386. The zero-order chi connectivity index (χ0) is 15.4. The molecule has 2 fully saturated rings. The van der Waals surface area contributed by atoms with E-state index in [1.165, 1.54) is 6.42 Å². The van der Waals surface area contributed by atoms with Gasteiger partial charge in [-0.2, -0.15) is 4.98 Å². The first-order valence-electron chi connectivity index (χ1n) is 7.09. The molecule has 21 heavy (non-hydrogen) atoms. The number of nitro groups is 1. The van der Waals surface area contributed by atoms with Crippen molar-refractivity contribution >= 4 is 17.3 Å². The van der Waals surface area contributed by atoms with Crippen LogP contribution in [0.4, 0.5) is 5.69 Å². The molecule has 7 heteroatoms. The number of hydrogen-bond donors (Lipinski definition) is 0. The van der Waals surface area contributed by atoms with Crippen LogP contribution >= 0.6 is 11.6 Å². The van der Waals surface area contributed by atoms with Crippen molar-refractivity contribution < 1.29 is 9.66 Å². The van der Waals surface area contributed by atoms with Gasteiger partial charge in [0.25, 0.3) is 5.88 Å². The summed E-state index contributed by atoms with van der Waals surface area (Å²) in [6.45, 7) is 6.73. The Labute approximate surface area is 128 Å². The SMILES string of the molecule is CC1(C)C2CCC1(C)C(Oc1nc(Cl)ncc1[N+](=O)[O-])C2. The number of fused-ring (bicyclic) bond motifs is 2. The van der Waals surface area contributed by atoms with Crippen LogP contribution in [0, 0.1) is 26.9 Å². The summed E-state index contributed by atoms with van der Waals surface area (Å²) in [4.78, 5) is 18.1. The van der Waals surface area contributed by atoms with Crippen molar-refractivity contribution in [1.82, 2.24) is 9.97 Å². The van der Waals surface area contributed by atoms with Crippen molar-refractivity contribution in [3.8, 4) is 5.88 Å². The first-order chi connectivity index (χ1) is 9.75. The fraction of sp³-hybridized carbons (Fsp3) is 0.714. The molecule has 2 aliphatic carbocycles. The highest BCUT2D eigenvalue weighted by Crippen LogP contribution is 2.66. The third-order valence-electron chi connectivity index (χ3n) is 5.87. The van der Waals surface area contributed by atoms with Crippen molar-refractivity contribution in [2.24, 2.45) is 16.7 Å². The average Bonchev–Trinajstić information content (AvgIpc) is 2.71. The van der Waals surface area contributed by atoms with E-state index in [1.54, 1.807) is 0 Å². The largest absolute Gasteiger partial charge is 0.469 e. The van der Waals surface area contributed by atoms with E-state index in [0.717, 1.165) is 19.0 Å². The molecule has 1 aromatic rings.